The first-order valence-electron chi connectivity index (χ1n) is 8.66. The highest BCUT2D eigenvalue weighted by Crippen LogP contribution is 2.36. The number of rotatable bonds is 8. The molecule has 11 heteroatoms. The summed E-state index contributed by atoms with van der Waals surface area (Å²) in [6.07, 6.45) is -3.43. The van der Waals surface area contributed by atoms with Crippen molar-refractivity contribution in [1.82, 2.24) is 5.32 Å². The molecule has 0 aliphatic heterocycles. The number of ether oxygens (including phenoxy) is 1. The van der Waals surface area contributed by atoms with Crippen LogP contribution in [0.3, 0.4) is 0 Å². The van der Waals surface area contributed by atoms with Crippen molar-refractivity contribution >= 4 is 33.2 Å². The SMILES string of the molecule is COc1ccc(CCNC(=O)CN(c2cc(C(F)(F)F)ccc2Cl)S(C)(=O)=O)cc1. The van der Waals surface area contributed by atoms with Gasteiger partial charge in [-0.3, -0.25) is 9.10 Å². The zero-order chi connectivity index (χ0) is 22.5. The van der Waals surface area contributed by atoms with Crippen molar-refractivity contribution in [3.63, 3.8) is 0 Å². The number of alkyl halides is 3. The van der Waals surface area contributed by atoms with Gasteiger partial charge in [-0.25, -0.2) is 8.42 Å². The summed E-state index contributed by atoms with van der Waals surface area (Å²) in [5, 5.41) is 2.33. The van der Waals surface area contributed by atoms with Crippen LogP contribution in [0, 0.1) is 0 Å². The molecule has 0 radical (unpaired) electrons. The van der Waals surface area contributed by atoms with Crippen molar-refractivity contribution < 1.29 is 31.1 Å². The van der Waals surface area contributed by atoms with Crippen LogP contribution in [0.2, 0.25) is 5.02 Å². The number of halogens is 4. The lowest BCUT2D eigenvalue weighted by Gasteiger charge is -2.24. The minimum absolute atomic E-state index is 0.207. The molecule has 0 spiro atoms. The minimum Gasteiger partial charge on any atom is -0.497 e. The maximum Gasteiger partial charge on any atom is 0.416 e. The van der Waals surface area contributed by atoms with E-state index in [1.54, 1.807) is 19.2 Å². The van der Waals surface area contributed by atoms with Crippen molar-refractivity contribution in [3.8, 4) is 5.75 Å². The van der Waals surface area contributed by atoms with Crippen LogP contribution in [0.15, 0.2) is 42.5 Å². The molecule has 0 bridgehead atoms. The molecule has 0 fully saturated rings. The van der Waals surface area contributed by atoms with Crippen LogP contribution in [0.25, 0.3) is 0 Å². The molecule has 0 saturated carbocycles. The van der Waals surface area contributed by atoms with Crippen LogP contribution >= 0.6 is 11.6 Å². The number of carbonyl (C=O) groups is 1. The molecule has 164 valence electrons. The fourth-order valence-corrected chi connectivity index (χ4v) is 3.72. The maximum absolute atomic E-state index is 13.0. The van der Waals surface area contributed by atoms with Gasteiger partial charge in [-0.1, -0.05) is 23.7 Å². The van der Waals surface area contributed by atoms with Gasteiger partial charge in [-0.15, -0.1) is 0 Å². The number of nitrogens with zero attached hydrogens (tertiary/aromatic N) is 1. The zero-order valence-corrected chi connectivity index (χ0v) is 17.7. The van der Waals surface area contributed by atoms with Crippen LogP contribution < -0.4 is 14.4 Å². The first-order chi connectivity index (χ1) is 13.9. The fourth-order valence-electron chi connectivity index (χ4n) is 2.59. The highest BCUT2D eigenvalue weighted by atomic mass is 35.5. The predicted octanol–water partition coefficient (Wildman–Crippen LogP) is 3.49. The normalized spacial score (nSPS) is 11.8. The predicted molar refractivity (Wildman–Crippen MR) is 108 cm³/mol. The standard InChI is InChI=1S/C19H20ClF3N2O4S/c1-29-15-6-3-13(4-7-15)9-10-24-18(26)12-25(30(2,27)28)17-11-14(19(21,22)23)5-8-16(17)20/h3-8,11H,9-10,12H2,1-2H3,(H,24,26). The number of hydrogen-bond donors (Lipinski definition) is 1. The summed E-state index contributed by atoms with van der Waals surface area (Å²) in [6.45, 7) is -0.498. The average molecular weight is 465 g/mol. The second-order valence-corrected chi connectivity index (χ2v) is 8.70. The Labute approximate surface area is 177 Å². The molecule has 0 atom stereocenters. The van der Waals surface area contributed by atoms with E-state index in [2.05, 4.69) is 5.32 Å². The van der Waals surface area contributed by atoms with E-state index >= 15 is 0 Å². The third-order valence-corrected chi connectivity index (χ3v) is 5.57. The molecular formula is C19H20ClF3N2O4S. The molecule has 30 heavy (non-hydrogen) atoms. The summed E-state index contributed by atoms with van der Waals surface area (Å²) in [5.74, 6) is 0.00645. The van der Waals surface area contributed by atoms with Crippen molar-refractivity contribution in [1.29, 1.82) is 0 Å². The van der Waals surface area contributed by atoms with Gasteiger partial charge in [0, 0.05) is 6.54 Å². The van der Waals surface area contributed by atoms with E-state index < -0.39 is 39.9 Å². The van der Waals surface area contributed by atoms with Crippen molar-refractivity contribution in [2.45, 2.75) is 12.6 Å². The summed E-state index contributed by atoms with van der Waals surface area (Å²) >= 11 is 5.92. The van der Waals surface area contributed by atoms with Gasteiger partial charge in [0.05, 0.1) is 29.6 Å². The van der Waals surface area contributed by atoms with E-state index in [4.69, 9.17) is 16.3 Å². The molecule has 2 aromatic rings. The van der Waals surface area contributed by atoms with E-state index in [1.807, 2.05) is 12.1 Å². The summed E-state index contributed by atoms with van der Waals surface area (Å²) in [5.41, 5.74) is -0.577. The molecule has 1 N–H and O–H groups in total. The van der Waals surface area contributed by atoms with Crippen LogP contribution in [0.5, 0.6) is 5.75 Å². The Morgan fingerprint density at radius 2 is 1.80 bits per heavy atom. The Kier molecular flexibility index (Phi) is 7.59. The van der Waals surface area contributed by atoms with Gasteiger partial charge in [0.25, 0.3) is 0 Å². The number of nitrogens with one attached hydrogen (secondary N) is 1. The monoisotopic (exact) mass is 464 g/mol. The Morgan fingerprint density at radius 1 is 1.17 bits per heavy atom. The minimum atomic E-state index is -4.69. The molecular weight excluding hydrogens is 445 g/mol. The van der Waals surface area contributed by atoms with Gasteiger partial charge in [0.15, 0.2) is 0 Å². The Morgan fingerprint density at radius 3 is 2.33 bits per heavy atom. The van der Waals surface area contributed by atoms with Gasteiger partial charge >= 0.3 is 6.18 Å². The molecule has 0 saturated heterocycles. The summed E-state index contributed by atoms with van der Waals surface area (Å²) < 4.78 is 68.9. The Balaban J connectivity index is 2.10. The quantitative estimate of drug-likeness (QED) is 0.649. The first kappa shape index (κ1) is 23.8. The highest BCUT2D eigenvalue weighted by Gasteiger charge is 2.33. The third-order valence-electron chi connectivity index (χ3n) is 4.12. The third kappa shape index (κ3) is 6.53. The zero-order valence-electron chi connectivity index (χ0n) is 16.2. The van der Waals surface area contributed by atoms with Gasteiger partial charge < -0.3 is 10.1 Å². The Bertz CT molecular complexity index is 996. The fraction of sp³-hybridized carbons (Fsp3) is 0.316. The second-order valence-electron chi connectivity index (χ2n) is 6.38. The van der Waals surface area contributed by atoms with Crippen LogP contribution in [0.4, 0.5) is 18.9 Å². The van der Waals surface area contributed by atoms with E-state index in [9.17, 15) is 26.4 Å². The maximum atomic E-state index is 13.0. The molecule has 0 aromatic heterocycles. The molecule has 0 aliphatic carbocycles. The van der Waals surface area contributed by atoms with E-state index in [0.29, 0.717) is 22.5 Å². The Hall–Kier alpha value is -2.46. The van der Waals surface area contributed by atoms with Crippen molar-refractivity contribution in [2.24, 2.45) is 0 Å². The number of carbonyl (C=O) groups excluding carboxylic acids is 1. The lowest BCUT2D eigenvalue weighted by Crippen LogP contribution is -2.41. The van der Waals surface area contributed by atoms with Crippen LogP contribution in [-0.4, -0.2) is 40.8 Å². The molecule has 0 heterocycles. The van der Waals surface area contributed by atoms with E-state index in [0.717, 1.165) is 24.0 Å². The number of benzene rings is 2. The average Bonchev–Trinajstić information content (AvgIpc) is 2.65. The number of amides is 1. The molecule has 0 unspecified atom stereocenters. The van der Waals surface area contributed by atoms with Gasteiger partial charge in [-0.2, -0.15) is 13.2 Å². The van der Waals surface area contributed by atoms with Gasteiger partial charge in [-0.05, 0) is 42.3 Å². The summed E-state index contributed by atoms with van der Waals surface area (Å²) in [7, 11) is -2.53. The topological polar surface area (TPSA) is 75.7 Å². The molecule has 2 aromatic carbocycles. The molecule has 2 rings (SSSR count). The summed E-state index contributed by atoms with van der Waals surface area (Å²) in [6, 6.07) is 9.44. The first-order valence-corrected chi connectivity index (χ1v) is 10.9. The van der Waals surface area contributed by atoms with Gasteiger partial charge in [0.2, 0.25) is 15.9 Å². The van der Waals surface area contributed by atoms with Gasteiger partial charge in [0.1, 0.15) is 12.3 Å². The number of anilines is 1. The second kappa shape index (κ2) is 9.57. The molecule has 6 nitrogen and oxygen atoms in total. The van der Waals surface area contributed by atoms with E-state index in [-0.39, 0.29) is 11.6 Å². The van der Waals surface area contributed by atoms with Crippen LogP contribution in [-0.2, 0) is 27.4 Å². The number of methoxy groups -OCH3 is 1. The number of sulfonamides is 1. The highest BCUT2D eigenvalue weighted by molar-refractivity contribution is 7.92. The van der Waals surface area contributed by atoms with Crippen LogP contribution in [0.1, 0.15) is 11.1 Å². The molecule has 0 aliphatic rings. The lowest BCUT2D eigenvalue weighted by molar-refractivity contribution is -0.137. The summed E-state index contributed by atoms with van der Waals surface area (Å²) in [4.78, 5) is 12.3. The smallest absolute Gasteiger partial charge is 0.416 e. The lowest BCUT2D eigenvalue weighted by atomic mass is 10.1. The van der Waals surface area contributed by atoms with Crippen molar-refractivity contribution in [2.75, 3.05) is 30.8 Å². The molecule has 1 amide bonds. The number of hydrogen-bond acceptors (Lipinski definition) is 4. The van der Waals surface area contributed by atoms with E-state index in [1.165, 1.54) is 0 Å². The largest absolute Gasteiger partial charge is 0.497 e. The van der Waals surface area contributed by atoms with Crippen molar-refractivity contribution in [3.05, 3.63) is 58.6 Å².